The molecule has 0 aliphatic heterocycles. The molecule has 1 N–H and O–H groups in total. The molecule has 1 atom stereocenters. The molecular weight excluding hydrogens is 302 g/mol. The lowest BCUT2D eigenvalue weighted by Crippen LogP contribution is -1.93. The van der Waals surface area contributed by atoms with E-state index in [1.807, 2.05) is 6.07 Å². The fraction of sp³-hybridized carbons (Fsp3) is 0. The zero-order valence-corrected chi connectivity index (χ0v) is 10.4. The van der Waals surface area contributed by atoms with Crippen LogP contribution in [0.5, 0.6) is 5.75 Å². The molecule has 0 amide bonds. The van der Waals surface area contributed by atoms with Gasteiger partial charge in [-0.05, 0) is 18.2 Å². The second-order valence-electron chi connectivity index (χ2n) is 2.86. The number of halogens is 2. The topological polar surface area (TPSA) is 56.2 Å². The summed E-state index contributed by atoms with van der Waals surface area (Å²) in [6.45, 7) is 0. The van der Waals surface area contributed by atoms with Crippen molar-refractivity contribution >= 4 is 47.9 Å². The van der Waals surface area contributed by atoms with Crippen LogP contribution in [0.2, 0.25) is 0 Å². The SMILES string of the molecule is [O-][S+](Cl)c1cnc2ccc(Br)cc2c1O. The van der Waals surface area contributed by atoms with Gasteiger partial charge in [-0.25, -0.2) is 0 Å². The molecule has 1 aromatic heterocycles. The van der Waals surface area contributed by atoms with E-state index in [0.717, 1.165) is 4.47 Å². The van der Waals surface area contributed by atoms with Gasteiger partial charge in [0.05, 0.1) is 11.7 Å². The van der Waals surface area contributed by atoms with Crippen molar-refractivity contribution in [2.45, 2.75) is 4.90 Å². The lowest BCUT2D eigenvalue weighted by molar-refractivity contribution is 0.465. The second kappa shape index (κ2) is 4.17. The molecule has 2 aromatic rings. The zero-order valence-electron chi connectivity index (χ0n) is 7.28. The minimum Gasteiger partial charge on any atom is -0.594 e. The molecule has 78 valence electrons. The van der Waals surface area contributed by atoms with Crippen molar-refractivity contribution in [1.29, 1.82) is 0 Å². The number of aromatic hydroxyl groups is 1. The Kier molecular flexibility index (Phi) is 3.06. The summed E-state index contributed by atoms with van der Waals surface area (Å²) >= 11 is 3.28. The number of rotatable bonds is 1. The van der Waals surface area contributed by atoms with Crippen LogP contribution in [0.1, 0.15) is 0 Å². The Labute approximate surface area is 102 Å². The molecule has 1 unspecified atom stereocenters. The molecule has 1 aromatic carbocycles. The van der Waals surface area contributed by atoms with Gasteiger partial charge in [0.25, 0.3) is 0 Å². The number of hydrogen-bond donors (Lipinski definition) is 1. The lowest BCUT2D eigenvalue weighted by atomic mass is 10.2. The van der Waals surface area contributed by atoms with Crippen molar-refractivity contribution in [3.63, 3.8) is 0 Å². The van der Waals surface area contributed by atoms with E-state index in [1.54, 1.807) is 12.1 Å². The Morgan fingerprint density at radius 3 is 2.87 bits per heavy atom. The van der Waals surface area contributed by atoms with Crippen LogP contribution in [0.4, 0.5) is 0 Å². The average Bonchev–Trinajstić information content (AvgIpc) is 2.19. The predicted molar refractivity (Wildman–Crippen MR) is 63.4 cm³/mol. The van der Waals surface area contributed by atoms with E-state index in [2.05, 4.69) is 20.9 Å². The summed E-state index contributed by atoms with van der Waals surface area (Å²) in [6, 6.07) is 5.26. The van der Waals surface area contributed by atoms with Crippen molar-refractivity contribution in [1.82, 2.24) is 4.98 Å². The minimum atomic E-state index is -1.76. The fourth-order valence-corrected chi connectivity index (χ4v) is 2.35. The molecule has 0 bridgehead atoms. The van der Waals surface area contributed by atoms with Crippen molar-refractivity contribution in [3.05, 3.63) is 28.9 Å². The third kappa shape index (κ3) is 2.06. The largest absolute Gasteiger partial charge is 0.594 e. The van der Waals surface area contributed by atoms with Crippen LogP contribution in [-0.4, -0.2) is 14.6 Å². The molecule has 3 nitrogen and oxygen atoms in total. The van der Waals surface area contributed by atoms with E-state index in [0.29, 0.717) is 10.9 Å². The first-order valence-corrected chi connectivity index (χ1v) is 6.72. The van der Waals surface area contributed by atoms with Gasteiger partial charge >= 0.3 is 0 Å². The highest BCUT2D eigenvalue weighted by Crippen LogP contribution is 2.33. The first kappa shape index (κ1) is 11.0. The standard InChI is InChI=1S/C9H5BrClNO2S/c10-5-1-2-7-6(3-5)9(13)8(4-12-7)15(11)14/h1-4H,(H,12,13). The van der Waals surface area contributed by atoms with Gasteiger partial charge in [0.15, 0.2) is 16.4 Å². The highest BCUT2D eigenvalue weighted by atomic mass is 79.9. The van der Waals surface area contributed by atoms with Gasteiger partial charge in [-0.2, -0.15) is 0 Å². The Balaban J connectivity index is 2.77. The Bertz CT molecular complexity index is 521. The monoisotopic (exact) mass is 305 g/mol. The van der Waals surface area contributed by atoms with Crippen molar-refractivity contribution in [2.75, 3.05) is 0 Å². The van der Waals surface area contributed by atoms with Crippen molar-refractivity contribution in [2.24, 2.45) is 0 Å². The second-order valence-corrected chi connectivity index (χ2v) is 5.50. The smallest absolute Gasteiger partial charge is 0.233 e. The molecule has 0 radical (unpaired) electrons. The maximum atomic E-state index is 11.1. The van der Waals surface area contributed by atoms with Crippen LogP contribution in [0.15, 0.2) is 33.8 Å². The van der Waals surface area contributed by atoms with E-state index in [1.165, 1.54) is 6.20 Å². The normalized spacial score (nSPS) is 13.0. The van der Waals surface area contributed by atoms with Crippen LogP contribution >= 0.6 is 26.6 Å². The van der Waals surface area contributed by atoms with E-state index in [-0.39, 0.29) is 10.6 Å². The molecule has 0 aliphatic rings. The number of benzene rings is 1. The third-order valence-electron chi connectivity index (χ3n) is 1.94. The molecule has 1 heterocycles. The molecular formula is C9H5BrClNO2S. The first-order valence-electron chi connectivity index (χ1n) is 3.95. The van der Waals surface area contributed by atoms with Crippen molar-refractivity contribution < 1.29 is 9.66 Å². The Morgan fingerprint density at radius 1 is 1.47 bits per heavy atom. The van der Waals surface area contributed by atoms with E-state index in [4.69, 9.17) is 10.7 Å². The Morgan fingerprint density at radius 2 is 2.20 bits per heavy atom. The molecule has 6 heteroatoms. The predicted octanol–water partition coefficient (Wildman–Crippen LogP) is 2.96. The van der Waals surface area contributed by atoms with Gasteiger partial charge < -0.3 is 9.66 Å². The van der Waals surface area contributed by atoms with Gasteiger partial charge in [0.2, 0.25) is 4.90 Å². The van der Waals surface area contributed by atoms with E-state index >= 15 is 0 Å². The summed E-state index contributed by atoms with van der Waals surface area (Å²) in [6.07, 6.45) is 1.31. The van der Waals surface area contributed by atoms with Crippen LogP contribution in [-0.2, 0) is 10.4 Å². The molecule has 0 aliphatic carbocycles. The highest BCUT2D eigenvalue weighted by Gasteiger charge is 2.18. The summed E-state index contributed by atoms with van der Waals surface area (Å²) in [4.78, 5) is 4.17. The van der Waals surface area contributed by atoms with Gasteiger partial charge in [-0.15, -0.1) is 0 Å². The third-order valence-corrected chi connectivity index (χ3v) is 3.58. The number of pyridine rings is 1. The van der Waals surface area contributed by atoms with Crippen LogP contribution in [0.3, 0.4) is 0 Å². The van der Waals surface area contributed by atoms with E-state index in [9.17, 15) is 9.66 Å². The maximum absolute atomic E-state index is 11.1. The number of nitrogens with zero attached hydrogens (tertiary/aromatic N) is 1. The van der Waals surface area contributed by atoms with Gasteiger partial charge in [-0.1, -0.05) is 15.9 Å². The van der Waals surface area contributed by atoms with E-state index < -0.39 is 10.4 Å². The quantitative estimate of drug-likeness (QED) is 0.824. The van der Waals surface area contributed by atoms with Crippen molar-refractivity contribution in [3.8, 4) is 5.75 Å². The molecule has 0 saturated carbocycles. The number of aromatic nitrogens is 1. The Hall–Kier alpha value is -0.490. The van der Waals surface area contributed by atoms with Crippen LogP contribution in [0.25, 0.3) is 10.9 Å². The molecule has 15 heavy (non-hydrogen) atoms. The maximum Gasteiger partial charge on any atom is 0.233 e. The van der Waals surface area contributed by atoms with Gasteiger partial charge in [0.1, 0.15) is 10.4 Å². The lowest BCUT2D eigenvalue weighted by Gasteiger charge is -2.05. The summed E-state index contributed by atoms with van der Waals surface area (Å²) < 4.78 is 11.9. The highest BCUT2D eigenvalue weighted by molar-refractivity contribution is 9.10. The van der Waals surface area contributed by atoms with Crippen LogP contribution in [0, 0.1) is 0 Å². The summed E-state index contributed by atoms with van der Waals surface area (Å²) in [5.74, 6) is -0.0883. The number of hydrogen-bond acceptors (Lipinski definition) is 3. The molecule has 0 fully saturated rings. The summed E-state index contributed by atoms with van der Waals surface area (Å²) in [7, 11) is 3.65. The van der Waals surface area contributed by atoms with Crippen LogP contribution < -0.4 is 0 Å². The number of fused-ring (bicyclic) bond motifs is 1. The molecule has 0 saturated heterocycles. The average molecular weight is 307 g/mol. The summed E-state index contributed by atoms with van der Waals surface area (Å²) in [5.41, 5.74) is 0.626. The zero-order chi connectivity index (χ0) is 11.0. The molecule has 2 rings (SSSR count). The van der Waals surface area contributed by atoms with Gasteiger partial charge in [0, 0.05) is 9.86 Å². The minimum absolute atomic E-state index is 0.0883. The first-order chi connectivity index (χ1) is 7.09. The fourth-order valence-electron chi connectivity index (χ4n) is 1.25. The molecule has 0 spiro atoms. The van der Waals surface area contributed by atoms with Gasteiger partial charge in [-0.3, -0.25) is 4.98 Å². The summed E-state index contributed by atoms with van der Waals surface area (Å²) in [5, 5.41) is 10.3.